The van der Waals surface area contributed by atoms with Crippen molar-refractivity contribution in [2.45, 2.75) is 26.9 Å². The first kappa shape index (κ1) is 23.2. The molecule has 0 saturated heterocycles. The molecular formula is C26H23ClN4O3. The maximum absolute atomic E-state index is 13.5. The Morgan fingerprint density at radius 3 is 2.38 bits per heavy atom. The number of hydrogen-bond donors (Lipinski definition) is 1. The molecule has 1 aromatic heterocycles. The minimum absolute atomic E-state index is 0.0303. The molecule has 0 spiro atoms. The summed E-state index contributed by atoms with van der Waals surface area (Å²) in [5.41, 5.74) is 2.86. The first-order valence-corrected chi connectivity index (χ1v) is 11.1. The molecule has 1 heterocycles. The van der Waals surface area contributed by atoms with Crippen LogP contribution in [-0.4, -0.2) is 21.4 Å². The van der Waals surface area contributed by atoms with Crippen LogP contribution >= 0.6 is 11.6 Å². The number of para-hydroxylation sites is 3. The second kappa shape index (κ2) is 9.89. The van der Waals surface area contributed by atoms with Gasteiger partial charge in [0.05, 0.1) is 28.3 Å². The fourth-order valence-electron chi connectivity index (χ4n) is 3.62. The number of aryl methyl sites for hydroxylation is 1. The maximum Gasteiger partial charge on any atom is 0.294 e. The highest BCUT2D eigenvalue weighted by atomic mass is 35.5. The van der Waals surface area contributed by atoms with Crippen molar-refractivity contribution in [3.63, 3.8) is 0 Å². The minimum Gasteiger partial charge on any atom is -0.323 e. The monoisotopic (exact) mass is 474 g/mol. The Labute approximate surface area is 201 Å². The number of amides is 2. The van der Waals surface area contributed by atoms with Crippen molar-refractivity contribution < 1.29 is 9.59 Å². The third-order valence-electron chi connectivity index (χ3n) is 5.38. The van der Waals surface area contributed by atoms with Gasteiger partial charge in [0, 0.05) is 6.92 Å². The van der Waals surface area contributed by atoms with E-state index in [1.165, 1.54) is 16.4 Å². The van der Waals surface area contributed by atoms with Crippen LogP contribution in [-0.2, 0) is 22.7 Å². The van der Waals surface area contributed by atoms with Gasteiger partial charge < -0.3 is 5.32 Å². The summed E-state index contributed by atoms with van der Waals surface area (Å²) in [6.45, 7) is 3.28. The van der Waals surface area contributed by atoms with Gasteiger partial charge in [0.1, 0.15) is 6.54 Å². The first-order valence-electron chi connectivity index (χ1n) is 10.7. The first-order chi connectivity index (χ1) is 16.3. The van der Waals surface area contributed by atoms with Gasteiger partial charge in [-0.15, -0.1) is 0 Å². The fourth-order valence-corrected chi connectivity index (χ4v) is 3.80. The van der Waals surface area contributed by atoms with E-state index in [0.29, 0.717) is 21.7 Å². The molecule has 1 N–H and O–H groups in total. The van der Waals surface area contributed by atoms with E-state index < -0.39 is 11.5 Å². The summed E-state index contributed by atoms with van der Waals surface area (Å²) in [7, 11) is 0. The number of aromatic nitrogens is 2. The van der Waals surface area contributed by atoms with E-state index in [1.54, 1.807) is 48.5 Å². The molecule has 0 aliphatic carbocycles. The number of hydrogen-bond acceptors (Lipinski definition) is 4. The number of nitrogens with one attached hydrogen (secondary N) is 1. The largest absolute Gasteiger partial charge is 0.323 e. The third kappa shape index (κ3) is 5.00. The molecule has 4 rings (SSSR count). The molecule has 172 valence electrons. The van der Waals surface area contributed by atoms with Gasteiger partial charge in [0.15, 0.2) is 0 Å². The molecule has 0 aliphatic rings. The van der Waals surface area contributed by atoms with E-state index in [0.717, 1.165) is 11.1 Å². The van der Waals surface area contributed by atoms with Crippen molar-refractivity contribution >= 4 is 46.0 Å². The summed E-state index contributed by atoms with van der Waals surface area (Å²) in [6, 6.07) is 21.6. The van der Waals surface area contributed by atoms with Crippen molar-refractivity contribution in [2.24, 2.45) is 0 Å². The summed E-state index contributed by atoms with van der Waals surface area (Å²) in [5.74, 6) is -0.782. The van der Waals surface area contributed by atoms with E-state index in [-0.39, 0.29) is 24.8 Å². The second-order valence-electron chi connectivity index (χ2n) is 7.93. The molecule has 0 saturated carbocycles. The summed E-state index contributed by atoms with van der Waals surface area (Å²) in [6.07, 6.45) is 0. The highest BCUT2D eigenvalue weighted by Gasteiger charge is 2.22. The second-order valence-corrected chi connectivity index (χ2v) is 8.34. The van der Waals surface area contributed by atoms with Gasteiger partial charge >= 0.3 is 0 Å². The standard InChI is InChI=1S/C26H23ClN4O3/c1-17-11-13-19(14-12-17)15-30(18(2)32)25-26(34)31(23-10-6-5-9-22(23)29-25)16-24(33)28-21-8-4-3-7-20(21)27/h3-14H,15-16H2,1-2H3,(H,28,33). The molecule has 0 aliphatic heterocycles. The maximum atomic E-state index is 13.5. The Bertz CT molecular complexity index is 1430. The summed E-state index contributed by atoms with van der Waals surface area (Å²) in [5, 5.41) is 3.13. The lowest BCUT2D eigenvalue weighted by atomic mass is 10.1. The molecule has 4 aromatic rings. The smallest absolute Gasteiger partial charge is 0.294 e. The molecule has 0 bridgehead atoms. The van der Waals surface area contributed by atoms with Crippen molar-refractivity contribution in [3.05, 3.63) is 99.3 Å². The normalized spacial score (nSPS) is 10.8. The molecule has 7 nitrogen and oxygen atoms in total. The Hall–Kier alpha value is -3.97. The van der Waals surface area contributed by atoms with Crippen LogP contribution < -0.4 is 15.8 Å². The van der Waals surface area contributed by atoms with Crippen molar-refractivity contribution in [3.8, 4) is 0 Å². The van der Waals surface area contributed by atoms with Crippen LogP contribution in [0.15, 0.2) is 77.6 Å². The van der Waals surface area contributed by atoms with Gasteiger partial charge in [-0.2, -0.15) is 0 Å². The lowest BCUT2D eigenvalue weighted by molar-refractivity contribution is -0.117. The number of nitrogens with zero attached hydrogens (tertiary/aromatic N) is 3. The lowest BCUT2D eigenvalue weighted by Gasteiger charge is -2.21. The van der Waals surface area contributed by atoms with Crippen LogP contribution in [0.5, 0.6) is 0 Å². The van der Waals surface area contributed by atoms with E-state index in [2.05, 4.69) is 10.3 Å². The van der Waals surface area contributed by atoms with Gasteiger partial charge in [0.2, 0.25) is 17.6 Å². The summed E-state index contributed by atoms with van der Waals surface area (Å²) in [4.78, 5) is 44.8. The highest BCUT2D eigenvalue weighted by Crippen LogP contribution is 2.21. The zero-order valence-corrected chi connectivity index (χ0v) is 19.5. The Kier molecular flexibility index (Phi) is 6.75. The molecule has 3 aromatic carbocycles. The van der Waals surface area contributed by atoms with Gasteiger partial charge in [0.25, 0.3) is 5.56 Å². The van der Waals surface area contributed by atoms with Gasteiger partial charge in [-0.1, -0.05) is 65.7 Å². The van der Waals surface area contributed by atoms with Crippen molar-refractivity contribution in [1.29, 1.82) is 0 Å². The van der Waals surface area contributed by atoms with Gasteiger partial charge in [-0.25, -0.2) is 4.98 Å². The average Bonchev–Trinajstić information content (AvgIpc) is 2.82. The number of anilines is 2. The van der Waals surface area contributed by atoms with Crippen LogP contribution in [0.2, 0.25) is 5.02 Å². The lowest BCUT2D eigenvalue weighted by Crippen LogP contribution is -2.38. The molecule has 0 fully saturated rings. The predicted molar refractivity (Wildman–Crippen MR) is 134 cm³/mol. The number of carbonyl (C=O) groups is 2. The number of halogens is 1. The van der Waals surface area contributed by atoms with E-state index in [1.807, 2.05) is 31.2 Å². The zero-order valence-electron chi connectivity index (χ0n) is 18.8. The van der Waals surface area contributed by atoms with E-state index >= 15 is 0 Å². The Balaban J connectivity index is 1.74. The minimum atomic E-state index is -0.532. The molecule has 0 radical (unpaired) electrons. The van der Waals surface area contributed by atoms with E-state index in [9.17, 15) is 14.4 Å². The van der Waals surface area contributed by atoms with Crippen LogP contribution in [0, 0.1) is 6.92 Å². The molecular weight excluding hydrogens is 452 g/mol. The van der Waals surface area contributed by atoms with Crippen LogP contribution in [0.1, 0.15) is 18.1 Å². The fraction of sp³-hybridized carbons (Fsp3) is 0.154. The van der Waals surface area contributed by atoms with Gasteiger partial charge in [-0.3, -0.25) is 23.9 Å². The molecule has 0 atom stereocenters. The number of fused-ring (bicyclic) bond motifs is 1. The SMILES string of the molecule is CC(=O)N(Cc1ccc(C)cc1)c1nc2ccccc2n(CC(=O)Nc2ccccc2Cl)c1=O. The number of carbonyl (C=O) groups excluding carboxylic acids is 2. The molecule has 8 heteroatoms. The van der Waals surface area contributed by atoms with Crippen LogP contribution in [0.4, 0.5) is 11.5 Å². The Morgan fingerprint density at radius 2 is 1.68 bits per heavy atom. The summed E-state index contributed by atoms with van der Waals surface area (Å²) < 4.78 is 1.33. The van der Waals surface area contributed by atoms with Crippen molar-refractivity contribution in [2.75, 3.05) is 10.2 Å². The topological polar surface area (TPSA) is 84.3 Å². The van der Waals surface area contributed by atoms with Crippen LogP contribution in [0.25, 0.3) is 11.0 Å². The Morgan fingerprint density at radius 1 is 1.00 bits per heavy atom. The predicted octanol–water partition coefficient (Wildman–Crippen LogP) is 4.55. The third-order valence-corrected chi connectivity index (χ3v) is 5.71. The highest BCUT2D eigenvalue weighted by molar-refractivity contribution is 6.33. The number of rotatable bonds is 6. The molecule has 2 amide bonds. The van der Waals surface area contributed by atoms with Crippen LogP contribution in [0.3, 0.4) is 0 Å². The molecule has 34 heavy (non-hydrogen) atoms. The van der Waals surface area contributed by atoms with E-state index in [4.69, 9.17) is 11.6 Å². The quantitative estimate of drug-likeness (QED) is 0.444. The molecule has 0 unspecified atom stereocenters. The van der Waals surface area contributed by atoms with Crippen molar-refractivity contribution in [1.82, 2.24) is 9.55 Å². The zero-order chi connectivity index (χ0) is 24.2. The summed E-state index contributed by atoms with van der Waals surface area (Å²) >= 11 is 6.15. The average molecular weight is 475 g/mol. The number of benzene rings is 3. The van der Waals surface area contributed by atoms with Gasteiger partial charge in [-0.05, 0) is 36.8 Å².